The summed E-state index contributed by atoms with van der Waals surface area (Å²) in [6.07, 6.45) is -0.594. The second kappa shape index (κ2) is 8.77. The fourth-order valence-electron chi connectivity index (χ4n) is 3.39. The molecule has 3 aromatic rings. The fourth-order valence-corrected chi connectivity index (χ4v) is 4.22. The molecule has 1 aromatic heterocycles. The van der Waals surface area contributed by atoms with E-state index in [0.29, 0.717) is 17.1 Å². The predicted molar refractivity (Wildman–Crippen MR) is 120 cm³/mol. The summed E-state index contributed by atoms with van der Waals surface area (Å²) in [6, 6.07) is 14.9. The Morgan fingerprint density at radius 3 is 2.65 bits per heavy atom. The van der Waals surface area contributed by atoms with Gasteiger partial charge in [0.1, 0.15) is 16.5 Å². The summed E-state index contributed by atoms with van der Waals surface area (Å²) >= 11 is 1.49. The van der Waals surface area contributed by atoms with Crippen molar-refractivity contribution in [1.82, 2.24) is 9.88 Å². The quantitative estimate of drug-likeness (QED) is 0.613. The Bertz CT molecular complexity index is 1090. The van der Waals surface area contributed by atoms with Gasteiger partial charge in [-0.15, -0.1) is 11.3 Å². The van der Waals surface area contributed by atoms with E-state index in [2.05, 4.69) is 4.98 Å². The fraction of sp³-hybridized carbons (Fsp3) is 0.261. The molecule has 0 radical (unpaired) electrons. The van der Waals surface area contributed by atoms with Gasteiger partial charge in [-0.05, 0) is 36.4 Å². The number of carbonyl (C=O) groups is 2. The number of likely N-dealkylation sites (N-methyl/N-ethyl adjacent to an activating group) is 1. The van der Waals surface area contributed by atoms with Gasteiger partial charge in [0.2, 0.25) is 5.91 Å². The van der Waals surface area contributed by atoms with E-state index in [-0.39, 0.29) is 24.8 Å². The van der Waals surface area contributed by atoms with Crippen molar-refractivity contribution in [2.24, 2.45) is 0 Å². The van der Waals surface area contributed by atoms with Crippen molar-refractivity contribution in [3.8, 4) is 22.1 Å². The second-order valence-corrected chi connectivity index (χ2v) is 8.22. The minimum atomic E-state index is -0.737. The molecule has 2 amide bonds. The first-order valence-electron chi connectivity index (χ1n) is 9.82. The molecule has 0 N–H and O–H groups in total. The highest BCUT2D eigenvalue weighted by molar-refractivity contribution is 7.13. The third-order valence-electron chi connectivity index (χ3n) is 5.01. The van der Waals surface area contributed by atoms with Crippen LogP contribution in [0.3, 0.4) is 0 Å². The van der Waals surface area contributed by atoms with E-state index in [1.54, 1.807) is 32.2 Å². The largest absolute Gasteiger partial charge is 0.497 e. The Hall–Kier alpha value is -3.39. The zero-order chi connectivity index (χ0) is 22.0. The first-order valence-corrected chi connectivity index (χ1v) is 10.7. The van der Waals surface area contributed by atoms with Crippen molar-refractivity contribution >= 4 is 28.8 Å². The van der Waals surface area contributed by atoms with Crippen molar-refractivity contribution in [3.05, 3.63) is 59.6 Å². The molecule has 4 rings (SSSR count). The monoisotopic (exact) mass is 437 g/mol. The number of hydrogen-bond acceptors (Lipinski definition) is 6. The highest BCUT2D eigenvalue weighted by Gasteiger charge is 2.34. The topological polar surface area (TPSA) is 72.0 Å². The van der Waals surface area contributed by atoms with Gasteiger partial charge < -0.3 is 19.3 Å². The first-order chi connectivity index (χ1) is 15.0. The number of benzene rings is 2. The van der Waals surface area contributed by atoms with Gasteiger partial charge in [0.25, 0.3) is 5.91 Å². The lowest BCUT2D eigenvalue weighted by atomic mass is 10.1. The molecule has 7 nitrogen and oxygen atoms in total. The molecule has 0 bridgehead atoms. The molecule has 31 heavy (non-hydrogen) atoms. The molecule has 1 atom stereocenters. The number of rotatable bonds is 5. The number of aromatic nitrogens is 1. The van der Waals surface area contributed by atoms with Gasteiger partial charge in [-0.2, -0.15) is 0 Å². The van der Waals surface area contributed by atoms with Crippen LogP contribution < -0.4 is 14.4 Å². The van der Waals surface area contributed by atoms with Gasteiger partial charge in [0.05, 0.1) is 31.5 Å². The molecule has 2 aromatic carbocycles. The Morgan fingerprint density at radius 2 is 1.94 bits per heavy atom. The van der Waals surface area contributed by atoms with Gasteiger partial charge in [0.15, 0.2) is 6.10 Å². The molecular formula is C23H23N3O4S. The maximum absolute atomic E-state index is 13.2. The van der Waals surface area contributed by atoms with E-state index in [4.69, 9.17) is 9.47 Å². The average molecular weight is 438 g/mol. The maximum atomic E-state index is 13.2. The number of ether oxygens (including phenoxy) is 2. The van der Waals surface area contributed by atoms with Gasteiger partial charge in [-0.3, -0.25) is 9.59 Å². The zero-order valence-corrected chi connectivity index (χ0v) is 18.4. The summed E-state index contributed by atoms with van der Waals surface area (Å²) in [7, 11) is 4.98. The van der Waals surface area contributed by atoms with E-state index in [0.717, 1.165) is 16.3 Å². The van der Waals surface area contributed by atoms with Crippen LogP contribution in [0.15, 0.2) is 53.9 Å². The van der Waals surface area contributed by atoms with Crippen molar-refractivity contribution in [2.75, 3.05) is 32.6 Å². The predicted octanol–water partition coefficient (Wildman–Crippen LogP) is 3.24. The standard InChI is InChI=1S/C23H23N3O4S/c1-25(2)23(28)20-13-26(18-6-4-5-7-19(18)30-20)21(27)12-16-14-31-22(24-16)15-8-10-17(29-3)11-9-15/h4-11,14,20H,12-13H2,1-3H3/t20-/m1/s1. The molecule has 0 saturated carbocycles. The maximum Gasteiger partial charge on any atom is 0.265 e. The van der Waals surface area contributed by atoms with Gasteiger partial charge in [-0.1, -0.05) is 12.1 Å². The average Bonchev–Trinajstić information content (AvgIpc) is 3.26. The van der Waals surface area contributed by atoms with Crippen molar-refractivity contribution < 1.29 is 19.1 Å². The van der Waals surface area contributed by atoms with Crippen molar-refractivity contribution in [2.45, 2.75) is 12.5 Å². The van der Waals surface area contributed by atoms with Crippen LogP contribution in [-0.2, 0) is 16.0 Å². The molecule has 0 aliphatic carbocycles. The highest BCUT2D eigenvalue weighted by Crippen LogP contribution is 2.34. The number of nitrogens with zero attached hydrogens (tertiary/aromatic N) is 3. The lowest BCUT2D eigenvalue weighted by Crippen LogP contribution is -2.50. The SMILES string of the molecule is COc1ccc(-c2nc(CC(=O)N3C[C@H](C(=O)N(C)C)Oc4ccccc43)cs2)cc1. The second-order valence-electron chi connectivity index (χ2n) is 7.36. The number of amides is 2. The minimum Gasteiger partial charge on any atom is -0.497 e. The number of hydrogen-bond donors (Lipinski definition) is 0. The van der Waals surface area contributed by atoms with E-state index in [9.17, 15) is 9.59 Å². The molecule has 0 spiro atoms. The van der Waals surface area contributed by atoms with Crippen LogP contribution in [0.2, 0.25) is 0 Å². The van der Waals surface area contributed by atoms with Crippen LogP contribution in [0, 0.1) is 0 Å². The van der Waals surface area contributed by atoms with E-state index >= 15 is 0 Å². The number of fused-ring (bicyclic) bond motifs is 1. The summed E-state index contributed by atoms with van der Waals surface area (Å²) in [6.45, 7) is 0.169. The van der Waals surface area contributed by atoms with Crippen LogP contribution in [0.4, 0.5) is 5.69 Å². The molecule has 1 aliphatic rings. The number of methoxy groups -OCH3 is 1. The third-order valence-corrected chi connectivity index (χ3v) is 5.95. The first kappa shape index (κ1) is 20.9. The van der Waals surface area contributed by atoms with E-state index in [1.807, 2.05) is 47.8 Å². The smallest absolute Gasteiger partial charge is 0.265 e. The van der Waals surface area contributed by atoms with Gasteiger partial charge >= 0.3 is 0 Å². The summed E-state index contributed by atoms with van der Waals surface area (Å²) in [5.74, 6) is 1.00. The van der Waals surface area contributed by atoms with Gasteiger partial charge in [0, 0.05) is 25.0 Å². The normalized spacial score (nSPS) is 15.1. The summed E-state index contributed by atoms with van der Waals surface area (Å²) in [4.78, 5) is 33.4. The lowest BCUT2D eigenvalue weighted by Gasteiger charge is -2.35. The molecule has 1 aliphatic heterocycles. The molecule has 2 heterocycles. The zero-order valence-electron chi connectivity index (χ0n) is 17.6. The van der Waals surface area contributed by atoms with Crippen LogP contribution in [-0.4, -0.2) is 55.6 Å². The van der Waals surface area contributed by atoms with Crippen molar-refractivity contribution in [3.63, 3.8) is 0 Å². The summed E-state index contributed by atoms with van der Waals surface area (Å²) in [5.41, 5.74) is 2.33. The molecule has 0 fully saturated rings. The molecular weight excluding hydrogens is 414 g/mol. The number of thiazole rings is 1. The van der Waals surface area contributed by atoms with Crippen LogP contribution >= 0.6 is 11.3 Å². The Kier molecular flexibility index (Phi) is 5.90. The Balaban J connectivity index is 1.53. The molecule has 0 unspecified atom stereocenters. The van der Waals surface area contributed by atoms with E-state index < -0.39 is 6.10 Å². The van der Waals surface area contributed by atoms with Crippen molar-refractivity contribution in [1.29, 1.82) is 0 Å². The highest BCUT2D eigenvalue weighted by atomic mass is 32.1. The number of anilines is 1. The Morgan fingerprint density at radius 1 is 1.19 bits per heavy atom. The summed E-state index contributed by atoms with van der Waals surface area (Å²) in [5, 5.41) is 2.74. The minimum absolute atomic E-state index is 0.126. The lowest BCUT2D eigenvalue weighted by molar-refractivity contribution is -0.136. The van der Waals surface area contributed by atoms with E-state index in [1.165, 1.54) is 16.2 Å². The third kappa shape index (κ3) is 4.39. The van der Waals surface area contributed by atoms with Gasteiger partial charge in [-0.25, -0.2) is 4.98 Å². The van der Waals surface area contributed by atoms with Crippen LogP contribution in [0.25, 0.3) is 10.6 Å². The number of para-hydroxylation sites is 2. The Labute approximate surface area is 184 Å². The van der Waals surface area contributed by atoms with Crippen LogP contribution in [0.5, 0.6) is 11.5 Å². The molecule has 160 valence electrons. The summed E-state index contributed by atoms with van der Waals surface area (Å²) < 4.78 is 11.1. The molecule has 0 saturated heterocycles. The van der Waals surface area contributed by atoms with Crippen LogP contribution in [0.1, 0.15) is 5.69 Å². The molecule has 8 heteroatoms. The number of carbonyl (C=O) groups excluding carboxylic acids is 2.